The highest BCUT2D eigenvalue weighted by Crippen LogP contribution is 2.36. The Kier molecular flexibility index (Phi) is 3.45. The topological polar surface area (TPSA) is 55.8 Å². The summed E-state index contributed by atoms with van der Waals surface area (Å²) in [6, 6.07) is -0.0839. The minimum atomic E-state index is -1.68. The van der Waals surface area contributed by atoms with Gasteiger partial charge in [0.05, 0.1) is 12.6 Å². The van der Waals surface area contributed by atoms with Crippen molar-refractivity contribution in [2.45, 2.75) is 51.7 Å². The van der Waals surface area contributed by atoms with Crippen LogP contribution in [-0.2, 0) is 20.2 Å². The maximum atomic E-state index is 12.0. The second-order valence-electron chi connectivity index (χ2n) is 5.57. The number of hydrogen-bond acceptors (Lipinski definition) is 4. The predicted molar refractivity (Wildman–Crippen MR) is 63.3 cm³/mol. The summed E-state index contributed by atoms with van der Waals surface area (Å²) < 4.78 is 23.3. The Bertz CT molecular complexity index is 335. The predicted octanol–water partition coefficient (Wildman–Crippen LogP) is 2.00. The molecule has 1 amide bonds. The van der Waals surface area contributed by atoms with Crippen LogP contribution in [0.2, 0.25) is 0 Å². The first-order valence-corrected chi connectivity index (χ1v) is 6.99. The molecule has 1 heterocycles. The van der Waals surface area contributed by atoms with Crippen LogP contribution < -0.4 is 0 Å². The molecule has 1 unspecified atom stereocenters. The lowest BCUT2D eigenvalue weighted by Gasteiger charge is -2.34. The van der Waals surface area contributed by atoms with E-state index < -0.39 is 23.0 Å². The fourth-order valence-corrected chi connectivity index (χ4v) is 3.00. The Hall–Kier alpha value is -0.620. The third-order valence-corrected chi connectivity index (χ3v) is 4.15. The summed E-state index contributed by atoms with van der Waals surface area (Å²) in [6.07, 6.45) is 2.79. The number of hydrogen-bond donors (Lipinski definition) is 0. The molecule has 2 fully saturated rings. The van der Waals surface area contributed by atoms with E-state index in [0.717, 1.165) is 12.8 Å². The van der Waals surface area contributed by atoms with E-state index in [2.05, 4.69) is 0 Å². The largest absolute Gasteiger partial charge is 0.443 e. The van der Waals surface area contributed by atoms with Gasteiger partial charge in [0.25, 0.3) is 11.3 Å². The van der Waals surface area contributed by atoms with E-state index in [0.29, 0.717) is 12.5 Å². The molecule has 0 aromatic carbocycles. The molecule has 2 rings (SSSR count). The number of nitrogens with zero attached hydrogens (tertiary/aromatic N) is 1. The smallest absolute Gasteiger partial charge is 0.424 e. The van der Waals surface area contributed by atoms with Crippen molar-refractivity contribution < 1.29 is 17.9 Å². The fourth-order valence-electron chi connectivity index (χ4n) is 2.02. The molecule has 0 aromatic heterocycles. The quantitative estimate of drug-likeness (QED) is 0.724. The first kappa shape index (κ1) is 12.8. The van der Waals surface area contributed by atoms with Crippen molar-refractivity contribution in [1.82, 2.24) is 4.31 Å². The molecule has 0 N–H and O–H groups in total. The number of rotatable bonds is 1. The van der Waals surface area contributed by atoms with Gasteiger partial charge in [0.1, 0.15) is 5.60 Å². The van der Waals surface area contributed by atoms with Gasteiger partial charge in [-0.2, -0.15) is 4.31 Å². The molecule has 5 nitrogen and oxygen atoms in total. The van der Waals surface area contributed by atoms with Crippen molar-refractivity contribution >= 4 is 17.4 Å². The first-order chi connectivity index (χ1) is 7.88. The number of carbonyl (C=O) groups excluding carboxylic acids is 1. The maximum Gasteiger partial charge on any atom is 0.424 e. The van der Waals surface area contributed by atoms with Crippen molar-refractivity contribution in [2.24, 2.45) is 5.92 Å². The molecule has 2 atom stereocenters. The Morgan fingerprint density at radius 2 is 2.06 bits per heavy atom. The lowest BCUT2D eigenvalue weighted by molar-refractivity contribution is 0.0289. The van der Waals surface area contributed by atoms with Crippen LogP contribution in [0, 0.1) is 5.92 Å². The van der Waals surface area contributed by atoms with Gasteiger partial charge in [0.2, 0.25) is 0 Å². The second kappa shape index (κ2) is 4.57. The number of carbonyl (C=O) groups is 1. The van der Waals surface area contributed by atoms with Crippen LogP contribution in [0.4, 0.5) is 4.79 Å². The third-order valence-electron chi connectivity index (χ3n) is 3.07. The van der Waals surface area contributed by atoms with Crippen LogP contribution in [0.1, 0.15) is 40.0 Å². The molecule has 98 valence electrons. The van der Waals surface area contributed by atoms with E-state index >= 15 is 0 Å². The third kappa shape index (κ3) is 2.80. The summed E-state index contributed by atoms with van der Waals surface area (Å²) in [5.41, 5.74) is -0.575. The molecule has 1 saturated heterocycles. The van der Waals surface area contributed by atoms with E-state index in [1.807, 2.05) is 0 Å². The zero-order chi connectivity index (χ0) is 12.6. The van der Waals surface area contributed by atoms with Crippen LogP contribution >= 0.6 is 0 Å². The van der Waals surface area contributed by atoms with Crippen molar-refractivity contribution in [3.05, 3.63) is 0 Å². The molecule has 1 aliphatic heterocycles. The van der Waals surface area contributed by atoms with Gasteiger partial charge < -0.3 is 4.74 Å². The van der Waals surface area contributed by atoms with Crippen LogP contribution in [0.25, 0.3) is 0 Å². The molecule has 1 aliphatic carbocycles. The maximum absolute atomic E-state index is 12.0. The summed E-state index contributed by atoms with van der Waals surface area (Å²) in [5.74, 6) is 0.411. The molecular weight excluding hydrogens is 242 g/mol. The summed E-state index contributed by atoms with van der Waals surface area (Å²) in [5, 5.41) is 0. The van der Waals surface area contributed by atoms with E-state index in [1.165, 1.54) is 10.7 Å². The normalized spacial score (nSPS) is 30.2. The zero-order valence-corrected chi connectivity index (χ0v) is 11.3. The van der Waals surface area contributed by atoms with Crippen molar-refractivity contribution in [2.75, 3.05) is 6.61 Å². The molecule has 2 aliphatic rings. The molecule has 0 aromatic rings. The van der Waals surface area contributed by atoms with Crippen molar-refractivity contribution in [1.29, 1.82) is 0 Å². The second-order valence-corrected chi connectivity index (χ2v) is 6.63. The minimum Gasteiger partial charge on any atom is -0.443 e. The summed E-state index contributed by atoms with van der Waals surface area (Å²) in [7, 11) is 0. The minimum absolute atomic E-state index is 0.0839. The van der Waals surface area contributed by atoms with Gasteiger partial charge in [-0.1, -0.05) is 6.42 Å². The van der Waals surface area contributed by atoms with Gasteiger partial charge in [-0.05, 0) is 39.5 Å². The zero-order valence-electron chi connectivity index (χ0n) is 10.5. The monoisotopic (exact) mass is 261 g/mol. The average Bonchev–Trinajstić information content (AvgIpc) is 2.41. The van der Waals surface area contributed by atoms with Gasteiger partial charge in [-0.3, -0.25) is 4.18 Å². The van der Waals surface area contributed by atoms with Crippen molar-refractivity contribution in [3.8, 4) is 0 Å². The van der Waals surface area contributed by atoms with E-state index in [4.69, 9.17) is 8.92 Å². The van der Waals surface area contributed by atoms with E-state index in [9.17, 15) is 9.00 Å². The molecule has 0 spiro atoms. The highest BCUT2D eigenvalue weighted by molar-refractivity contribution is 7.78. The summed E-state index contributed by atoms with van der Waals surface area (Å²) in [6.45, 7) is 5.74. The Morgan fingerprint density at radius 1 is 1.41 bits per heavy atom. The molecule has 17 heavy (non-hydrogen) atoms. The van der Waals surface area contributed by atoms with Crippen molar-refractivity contribution in [3.63, 3.8) is 0 Å². The average molecular weight is 261 g/mol. The summed E-state index contributed by atoms with van der Waals surface area (Å²) in [4.78, 5) is 12.0. The van der Waals surface area contributed by atoms with Crippen LogP contribution in [0.3, 0.4) is 0 Å². The molecular formula is C11H19NO4S. The van der Waals surface area contributed by atoms with Crippen LogP contribution in [-0.4, -0.2) is 32.9 Å². The van der Waals surface area contributed by atoms with Gasteiger partial charge in [-0.25, -0.2) is 9.00 Å². The summed E-state index contributed by atoms with van der Waals surface area (Å²) >= 11 is -1.68. The van der Waals surface area contributed by atoms with Crippen LogP contribution in [0.15, 0.2) is 0 Å². The number of amides is 1. The standard InChI is InChI=1S/C11H19NO4S/c1-11(2,3)16-10(13)12-9(7-15-17(12)14)8-5-4-6-8/h8-9H,4-7H2,1-3H3/t9-,17?/m1/s1. The van der Waals surface area contributed by atoms with Gasteiger partial charge in [0.15, 0.2) is 0 Å². The fraction of sp³-hybridized carbons (Fsp3) is 0.909. The SMILES string of the molecule is CC(C)(C)OC(=O)N1[C@@H](C2CCC2)COS1=O. The highest BCUT2D eigenvalue weighted by Gasteiger charge is 2.44. The van der Waals surface area contributed by atoms with E-state index in [-0.39, 0.29) is 6.04 Å². The molecule has 0 radical (unpaired) electrons. The number of ether oxygens (including phenoxy) is 1. The van der Waals surface area contributed by atoms with Gasteiger partial charge in [0, 0.05) is 0 Å². The highest BCUT2D eigenvalue weighted by atomic mass is 32.2. The van der Waals surface area contributed by atoms with Gasteiger partial charge in [-0.15, -0.1) is 0 Å². The molecule has 0 bridgehead atoms. The van der Waals surface area contributed by atoms with Crippen LogP contribution in [0.5, 0.6) is 0 Å². The van der Waals surface area contributed by atoms with Gasteiger partial charge >= 0.3 is 6.09 Å². The molecule has 1 saturated carbocycles. The first-order valence-electron chi connectivity index (χ1n) is 5.96. The Balaban J connectivity index is 2.05. The lowest BCUT2D eigenvalue weighted by Crippen LogP contribution is -2.45. The molecule has 6 heteroatoms. The van der Waals surface area contributed by atoms with E-state index in [1.54, 1.807) is 20.8 Å². The Morgan fingerprint density at radius 3 is 2.53 bits per heavy atom. The lowest BCUT2D eigenvalue weighted by atomic mass is 9.80. The Labute approximate surface area is 104 Å².